The quantitative estimate of drug-likeness (QED) is 0.532. The van der Waals surface area contributed by atoms with E-state index in [1.807, 2.05) is 37.3 Å². The summed E-state index contributed by atoms with van der Waals surface area (Å²) in [6.07, 6.45) is -4.30. The molecule has 0 amide bonds. The summed E-state index contributed by atoms with van der Waals surface area (Å²) >= 11 is 0. The van der Waals surface area contributed by atoms with Crippen molar-refractivity contribution in [3.8, 4) is 0 Å². The van der Waals surface area contributed by atoms with Crippen LogP contribution >= 0.6 is 0 Å². The Bertz CT molecular complexity index is 813. The fraction of sp³-hybridized carbons (Fsp3) is 0.333. The standard InChI is InChI=1S/C21H19F3O3/c1-13-17(11-18(25)27-12-14-5-3-2-4-6-14)19(13)20(26)15-7-9-16(10-8-15)21(22,23)24/h2-10,13,17,19H,11-12H2,1H3/t13-,17+,19+/m1/s1. The van der Waals surface area contributed by atoms with Crippen molar-refractivity contribution < 1.29 is 27.5 Å². The number of halogens is 3. The first-order valence-electron chi connectivity index (χ1n) is 8.68. The van der Waals surface area contributed by atoms with Crippen LogP contribution in [0.2, 0.25) is 0 Å². The van der Waals surface area contributed by atoms with Crippen molar-refractivity contribution in [2.24, 2.45) is 17.8 Å². The van der Waals surface area contributed by atoms with Gasteiger partial charge in [0.1, 0.15) is 6.61 Å². The summed E-state index contributed by atoms with van der Waals surface area (Å²) in [5, 5.41) is 0. The van der Waals surface area contributed by atoms with E-state index in [2.05, 4.69) is 0 Å². The van der Waals surface area contributed by atoms with E-state index in [-0.39, 0.29) is 48.1 Å². The predicted molar refractivity (Wildman–Crippen MR) is 92.8 cm³/mol. The molecule has 2 aromatic rings. The molecule has 27 heavy (non-hydrogen) atoms. The van der Waals surface area contributed by atoms with Gasteiger partial charge < -0.3 is 4.74 Å². The zero-order valence-electron chi connectivity index (χ0n) is 14.7. The van der Waals surface area contributed by atoms with Gasteiger partial charge in [0.25, 0.3) is 0 Å². The van der Waals surface area contributed by atoms with Crippen molar-refractivity contribution in [3.05, 3.63) is 71.3 Å². The summed E-state index contributed by atoms with van der Waals surface area (Å²) in [7, 11) is 0. The molecule has 3 atom stereocenters. The van der Waals surface area contributed by atoms with Gasteiger partial charge in [-0.1, -0.05) is 49.4 Å². The molecule has 6 heteroatoms. The minimum atomic E-state index is -4.43. The van der Waals surface area contributed by atoms with Crippen LogP contribution in [0.5, 0.6) is 0 Å². The van der Waals surface area contributed by atoms with E-state index < -0.39 is 11.7 Å². The lowest BCUT2D eigenvalue weighted by atomic mass is 10.0. The van der Waals surface area contributed by atoms with Gasteiger partial charge in [-0.25, -0.2) is 0 Å². The molecule has 0 aliphatic heterocycles. The number of carbonyl (C=O) groups is 2. The fourth-order valence-electron chi connectivity index (χ4n) is 3.30. The molecule has 3 nitrogen and oxygen atoms in total. The zero-order chi connectivity index (χ0) is 19.6. The predicted octanol–water partition coefficient (Wildman–Crippen LogP) is 4.90. The van der Waals surface area contributed by atoms with Crippen LogP contribution in [0.3, 0.4) is 0 Å². The first kappa shape index (κ1) is 19.1. The number of Topliss-reactive ketones (excluding diaryl/α,β-unsaturated/α-hetero) is 1. The van der Waals surface area contributed by atoms with E-state index in [0.717, 1.165) is 17.7 Å². The van der Waals surface area contributed by atoms with Gasteiger partial charge in [-0.3, -0.25) is 9.59 Å². The van der Waals surface area contributed by atoms with Gasteiger partial charge in [0.05, 0.1) is 5.56 Å². The highest BCUT2D eigenvalue weighted by Crippen LogP contribution is 2.50. The lowest BCUT2D eigenvalue weighted by Crippen LogP contribution is -2.10. The smallest absolute Gasteiger partial charge is 0.416 e. The third kappa shape index (κ3) is 4.56. The van der Waals surface area contributed by atoms with Crippen LogP contribution in [-0.2, 0) is 22.3 Å². The van der Waals surface area contributed by atoms with Gasteiger partial charge in [0, 0.05) is 17.9 Å². The Morgan fingerprint density at radius 1 is 1.00 bits per heavy atom. The average Bonchev–Trinajstić information content (AvgIpc) is 3.28. The molecule has 1 aliphatic carbocycles. The topological polar surface area (TPSA) is 43.4 Å². The fourth-order valence-corrected chi connectivity index (χ4v) is 3.30. The van der Waals surface area contributed by atoms with Gasteiger partial charge in [-0.15, -0.1) is 0 Å². The molecule has 0 spiro atoms. The third-order valence-corrected chi connectivity index (χ3v) is 5.01. The van der Waals surface area contributed by atoms with Gasteiger partial charge in [0.15, 0.2) is 5.78 Å². The molecule has 1 aliphatic rings. The van der Waals surface area contributed by atoms with E-state index in [4.69, 9.17) is 4.74 Å². The number of hydrogen-bond donors (Lipinski definition) is 0. The maximum Gasteiger partial charge on any atom is 0.416 e. The summed E-state index contributed by atoms with van der Waals surface area (Å²) in [6.45, 7) is 2.04. The number of hydrogen-bond acceptors (Lipinski definition) is 3. The Balaban J connectivity index is 1.54. The largest absolute Gasteiger partial charge is 0.461 e. The van der Waals surface area contributed by atoms with Crippen LogP contribution in [0.4, 0.5) is 13.2 Å². The van der Waals surface area contributed by atoms with Crippen LogP contribution in [0.1, 0.15) is 34.8 Å². The molecule has 0 unspecified atom stereocenters. The maximum absolute atomic E-state index is 12.6. The van der Waals surface area contributed by atoms with Crippen LogP contribution in [-0.4, -0.2) is 11.8 Å². The lowest BCUT2D eigenvalue weighted by molar-refractivity contribution is -0.145. The molecule has 0 bridgehead atoms. The van der Waals surface area contributed by atoms with Crippen molar-refractivity contribution >= 4 is 11.8 Å². The minimum absolute atomic E-state index is 0.00377. The van der Waals surface area contributed by atoms with E-state index in [1.54, 1.807) is 0 Å². The summed E-state index contributed by atoms with van der Waals surface area (Å²) < 4.78 is 43.1. The summed E-state index contributed by atoms with van der Waals surface area (Å²) in [6, 6.07) is 13.5. The second-order valence-corrected chi connectivity index (χ2v) is 6.84. The lowest BCUT2D eigenvalue weighted by Gasteiger charge is -2.07. The van der Waals surface area contributed by atoms with Crippen LogP contribution in [0.25, 0.3) is 0 Å². The molecule has 142 valence electrons. The molecule has 1 fully saturated rings. The van der Waals surface area contributed by atoms with Gasteiger partial charge >= 0.3 is 12.1 Å². The second-order valence-electron chi connectivity index (χ2n) is 6.84. The van der Waals surface area contributed by atoms with Crippen LogP contribution < -0.4 is 0 Å². The molecule has 0 N–H and O–H groups in total. The average molecular weight is 376 g/mol. The third-order valence-electron chi connectivity index (χ3n) is 5.01. The molecule has 0 aromatic heterocycles. The molecule has 0 saturated heterocycles. The number of ether oxygens (including phenoxy) is 1. The Labute approximate surface area is 155 Å². The Hall–Kier alpha value is -2.63. The van der Waals surface area contributed by atoms with Crippen LogP contribution in [0, 0.1) is 17.8 Å². The summed E-state index contributed by atoms with van der Waals surface area (Å²) in [5.41, 5.74) is 0.330. The maximum atomic E-state index is 12.6. The number of rotatable bonds is 6. The normalized spacial score (nSPS) is 21.6. The van der Waals surface area contributed by atoms with E-state index in [1.165, 1.54) is 12.1 Å². The highest BCUT2D eigenvalue weighted by atomic mass is 19.4. The number of benzene rings is 2. The zero-order valence-corrected chi connectivity index (χ0v) is 14.7. The van der Waals surface area contributed by atoms with Crippen molar-refractivity contribution in [2.45, 2.75) is 26.1 Å². The van der Waals surface area contributed by atoms with Gasteiger partial charge in [-0.2, -0.15) is 13.2 Å². The van der Waals surface area contributed by atoms with Crippen molar-refractivity contribution in [1.29, 1.82) is 0 Å². The van der Waals surface area contributed by atoms with Crippen molar-refractivity contribution in [1.82, 2.24) is 0 Å². The molecule has 3 rings (SSSR count). The van der Waals surface area contributed by atoms with Crippen LogP contribution in [0.15, 0.2) is 54.6 Å². The molecular weight excluding hydrogens is 357 g/mol. The number of ketones is 1. The highest BCUT2D eigenvalue weighted by molar-refractivity contribution is 6.00. The van der Waals surface area contributed by atoms with Gasteiger partial charge in [0.2, 0.25) is 0 Å². The van der Waals surface area contributed by atoms with E-state index in [0.29, 0.717) is 0 Å². The van der Waals surface area contributed by atoms with Gasteiger partial charge in [-0.05, 0) is 29.5 Å². The van der Waals surface area contributed by atoms with E-state index in [9.17, 15) is 22.8 Å². The molecule has 0 heterocycles. The van der Waals surface area contributed by atoms with Crippen molar-refractivity contribution in [2.75, 3.05) is 0 Å². The molecular formula is C21H19F3O3. The Kier molecular flexibility index (Phi) is 5.35. The SMILES string of the molecule is C[C@@H]1[C@H](CC(=O)OCc2ccccc2)[C@H]1C(=O)c1ccc(C(F)(F)F)cc1. The Morgan fingerprint density at radius 2 is 1.63 bits per heavy atom. The van der Waals surface area contributed by atoms with E-state index >= 15 is 0 Å². The Morgan fingerprint density at radius 3 is 2.22 bits per heavy atom. The highest BCUT2D eigenvalue weighted by Gasteiger charge is 2.52. The number of carbonyl (C=O) groups excluding carboxylic acids is 2. The second kappa shape index (κ2) is 7.55. The summed E-state index contributed by atoms with van der Waals surface area (Å²) in [5.74, 6) is -1.09. The number of alkyl halides is 3. The molecule has 0 radical (unpaired) electrons. The number of esters is 1. The molecule has 2 aromatic carbocycles. The molecule has 1 saturated carbocycles. The summed E-state index contributed by atoms with van der Waals surface area (Å²) in [4.78, 5) is 24.5. The monoisotopic (exact) mass is 376 g/mol. The first-order chi connectivity index (χ1) is 12.8. The van der Waals surface area contributed by atoms with Crippen molar-refractivity contribution in [3.63, 3.8) is 0 Å². The first-order valence-corrected chi connectivity index (χ1v) is 8.68. The minimum Gasteiger partial charge on any atom is -0.461 e.